The lowest BCUT2D eigenvalue weighted by Crippen LogP contribution is -2.47. The van der Waals surface area contributed by atoms with Crippen LogP contribution in [-0.4, -0.2) is 44.7 Å². The highest BCUT2D eigenvalue weighted by Gasteiger charge is 2.35. The Morgan fingerprint density at radius 1 is 1.10 bits per heavy atom. The van der Waals surface area contributed by atoms with Gasteiger partial charge in [-0.25, -0.2) is 0 Å². The third-order valence-electron chi connectivity index (χ3n) is 8.04. The first kappa shape index (κ1) is 26.5. The summed E-state index contributed by atoms with van der Waals surface area (Å²) in [6, 6.07) is 16.9. The van der Waals surface area contributed by atoms with E-state index in [-0.39, 0.29) is 29.7 Å². The van der Waals surface area contributed by atoms with Gasteiger partial charge in [0.2, 0.25) is 5.88 Å². The van der Waals surface area contributed by atoms with Crippen molar-refractivity contribution in [2.75, 3.05) is 19.7 Å². The van der Waals surface area contributed by atoms with Crippen LogP contribution >= 0.6 is 15.9 Å². The molecule has 2 aromatic carbocycles. The van der Waals surface area contributed by atoms with Crippen molar-refractivity contribution in [3.05, 3.63) is 86.2 Å². The molecule has 9 nitrogen and oxygen atoms in total. The van der Waals surface area contributed by atoms with Crippen molar-refractivity contribution in [3.63, 3.8) is 0 Å². The number of carbonyl (C=O) groups excluding carboxylic acids is 1. The number of rotatable bonds is 6. The molecule has 2 aliphatic heterocycles. The topological polar surface area (TPSA) is 101 Å². The molecule has 1 N–H and O–H groups in total. The third-order valence-corrected chi connectivity index (χ3v) is 8.53. The van der Waals surface area contributed by atoms with Crippen LogP contribution < -0.4 is 10.3 Å². The molecule has 2 bridgehead atoms. The van der Waals surface area contributed by atoms with E-state index < -0.39 is 5.91 Å². The van der Waals surface area contributed by atoms with Gasteiger partial charge in [-0.2, -0.15) is 0 Å². The Labute approximate surface area is 239 Å². The van der Waals surface area contributed by atoms with E-state index in [4.69, 9.17) is 4.74 Å². The smallest absolute Gasteiger partial charge is 0.302 e. The molecule has 0 aliphatic carbocycles. The number of likely N-dealkylation sites (tertiary alicyclic amines) is 1. The molecule has 0 radical (unpaired) electrons. The van der Waals surface area contributed by atoms with E-state index in [1.165, 1.54) is 0 Å². The largest absolute Gasteiger partial charge is 0.493 e. The monoisotopic (exact) mass is 603 g/mol. The van der Waals surface area contributed by atoms with E-state index in [0.29, 0.717) is 30.3 Å². The fourth-order valence-electron chi connectivity index (χ4n) is 6.00. The number of amides is 1. The molecule has 0 unspecified atom stereocenters. The highest BCUT2D eigenvalue weighted by atomic mass is 79.9. The Morgan fingerprint density at radius 2 is 1.93 bits per heavy atom. The highest BCUT2D eigenvalue weighted by molar-refractivity contribution is 9.10. The van der Waals surface area contributed by atoms with Gasteiger partial charge in [0.1, 0.15) is 5.75 Å². The van der Waals surface area contributed by atoms with E-state index in [1.807, 2.05) is 71.5 Å². The van der Waals surface area contributed by atoms with Gasteiger partial charge in [0, 0.05) is 47.2 Å². The van der Waals surface area contributed by atoms with E-state index >= 15 is 0 Å². The maximum absolute atomic E-state index is 12.5. The van der Waals surface area contributed by atoms with Crippen molar-refractivity contribution in [2.45, 2.75) is 39.4 Å². The molecule has 1 amide bonds. The number of piperidine rings is 1. The Bertz CT molecular complexity index is 1710. The molecule has 2 aromatic heterocycles. The lowest BCUT2D eigenvalue weighted by atomic mass is 9.83. The molecular formula is C30H30BrN5O4. The second-order valence-corrected chi connectivity index (χ2v) is 11.6. The van der Waals surface area contributed by atoms with Gasteiger partial charge in [-0.15, -0.1) is 10.2 Å². The van der Waals surface area contributed by atoms with Gasteiger partial charge in [-0.1, -0.05) is 34.1 Å². The molecule has 1 fully saturated rings. The predicted molar refractivity (Wildman–Crippen MR) is 155 cm³/mol. The van der Waals surface area contributed by atoms with Crippen LogP contribution in [0.2, 0.25) is 0 Å². The van der Waals surface area contributed by atoms with E-state index in [2.05, 4.69) is 31.1 Å². The third kappa shape index (κ3) is 4.97. The van der Waals surface area contributed by atoms with Crippen LogP contribution in [0.3, 0.4) is 0 Å². The first-order valence-electron chi connectivity index (χ1n) is 13.3. The van der Waals surface area contributed by atoms with Gasteiger partial charge in [0.05, 0.1) is 12.2 Å². The molecule has 2 aliphatic rings. The quantitative estimate of drug-likeness (QED) is 0.287. The zero-order valence-electron chi connectivity index (χ0n) is 22.4. The zero-order valence-corrected chi connectivity index (χ0v) is 24.0. The van der Waals surface area contributed by atoms with Gasteiger partial charge in [0.15, 0.2) is 12.3 Å². The number of ether oxygens (including phenoxy) is 1. The van der Waals surface area contributed by atoms with Crippen LogP contribution in [0.1, 0.15) is 29.2 Å². The minimum absolute atomic E-state index is 0.0487. The maximum atomic E-state index is 12.5. The SMILES string of the molecule is Cc1cccc(OCC(=O)N=Nc2c(O)n(CN3C[C@@H]4C[C@@H](C3)c3cccc(=O)n3C4)c3ccc(Br)cc23)c1C. The van der Waals surface area contributed by atoms with E-state index in [1.54, 1.807) is 6.07 Å². The van der Waals surface area contributed by atoms with Gasteiger partial charge >= 0.3 is 5.91 Å². The summed E-state index contributed by atoms with van der Waals surface area (Å²) in [6.07, 6.45) is 1.05. The molecule has 10 heteroatoms. The van der Waals surface area contributed by atoms with Crippen molar-refractivity contribution < 1.29 is 14.6 Å². The van der Waals surface area contributed by atoms with Crippen molar-refractivity contribution in [1.29, 1.82) is 0 Å². The van der Waals surface area contributed by atoms with Crippen LogP contribution in [0.15, 0.2) is 74.1 Å². The van der Waals surface area contributed by atoms with Gasteiger partial charge in [-0.3, -0.25) is 19.1 Å². The lowest BCUT2D eigenvalue weighted by molar-refractivity contribution is -0.120. The number of fused-ring (bicyclic) bond motifs is 5. The molecule has 40 heavy (non-hydrogen) atoms. The van der Waals surface area contributed by atoms with Crippen molar-refractivity contribution in [3.8, 4) is 11.6 Å². The van der Waals surface area contributed by atoms with Crippen molar-refractivity contribution in [1.82, 2.24) is 14.0 Å². The van der Waals surface area contributed by atoms with Crippen LogP contribution in [0.25, 0.3) is 10.9 Å². The molecule has 2 atom stereocenters. The van der Waals surface area contributed by atoms with Gasteiger partial charge in [-0.05, 0) is 67.6 Å². The first-order chi connectivity index (χ1) is 19.3. The number of carbonyl (C=O) groups is 1. The Hall–Kier alpha value is -3.76. The first-order valence-corrected chi connectivity index (χ1v) is 14.1. The van der Waals surface area contributed by atoms with Crippen LogP contribution in [0, 0.1) is 19.8 Å². The minimum Gasteiger partial charge on any atom is -0.493 e. The van der Waals surface area contributed by atoms with E-state index in [0.717, 1.165) is 46.3 Å². The van der Waals surface area contributed by atoms with Crippen LogP contribution in [0.5, 0.6) is 11.6 Å². The average Bonchev–Trinajstić information content (AvgIpc) is 3.18. The highest BCUT2D eigenvalue weighted by Crippen LogP contribution is 2.41. The van der Waals surface area contributed by atoms with E-state index in [9.17, 15) is 14.7 Å². The predicted octanol–water partition coefficient (Wildman–Crippen LogP) is 5.65. The number of aromatic hydroxyl groups is 1. The summed E-state index contributed by atoms with van der Waals surface area (Å²) in [7, 11) is 0. The summed E-state index contributed by atoms with van der Waals surface area (Å²) in [5, 5.41) is 20.0. The normalized spacial score (nSPS) is 18.8. The number of azo groups is 1. The Kier molecular flexibility index (Phi) is 7.06. The zero-order chi connectivity index (χ0) is 28.0. The molecule has 4 aromatic rings. The Balaban J connectivity index is 1.24. The van der Waals surface area contributed by atoms with Gasteiger partial charge in [0.25, 0.3) is 5.56 Å². The second-order valence-electron chi connectivity index (χ2n) is 10.7. The van der Waals surface area contributed by atoms with Crippen LogP contribution in [-0.2, 0) is 18.0 Å². The number of hydrogen-bond donors (Lipinski definition) is 1. The number of hydrogen-bond acceptors (Lipinski definition) is 6. The van der Waals surface area contributed by atoms with Crippen LogP contribution in [0.4, 0.5) is 5.69 Å². The summed E-state index contributed by atoms with van der Waals surface area (Å²) in [5.74, 6) is 0.652. The lowest BCUT2D eigenvalue weighted by Gasteiger charge is -2.42. The Morgan fingerprint density at radius 3 is 2.77 bits per heavy atom. The average molecular weight is 605 g/mol. The number of halogens is 1. The minimum atomic E-state index is -0.547. The standard InChI is InChI=1S/C30H30BrN5O4/c1-18-5-3-7-26(19(18)2)40-16-27(37)32-33-29-23-12-22(31)9-10-25(23)36(30(29)39)17-34-13-20-11-21(15-34)24-6-4-8-28(38)35(24)14-20/h3-10,12,20-21,39H,11,13-17H2,1-2H3/t20-,21-/m0/s1. The molecule has 1 saturated heterocycles. The molecule has 6 rings (SSSR count). The molecule has 0 spiro atoms. The molecule has 4 heterocycles. The fourth-order valence-corrected chi connectivity index (χ4v) is 6.36. The summed E-state index contributed by atoms with van der Waals surface area (Å²) >= 11 is 3.51. The van der Waals surface area contributed by atoms with Crippen molar-refractivity contribution in [2.24, 2.45) is 16.1 Å². The number of aromatic nitrogens is 2. The molecule has 206 valence electrons. The second kappa shape index (κ2) is 10.7. The maximum Gasteiger partial charge on any atom is 0.302 e. The summed E-state index contributed by atoms with van der Waals surface area (Å²) in [4.78, 5) is 27.3. The fraction of sp³-hybridized carbons (Fsp3) is 0.333. The van der Waals surface area contributed by atoms with Gasteiger partial charge < -0.3 is 14.4 Å². The number of benzene rings is 2. The molecule has 0 saturated carbocycles. The molecular weight excluding hydrogens is 574 g/mol. The number of aryl methyl sites for hydroxylation is 1. The summed E-state index contributed by atoms with van der Waals surface area (Å²) in [6.45, 7) is 6.43. The number of nitrogens with zero attached hydrogens (tertiary/aromatic N) is 5. The number of pyridine rings is 1. The van der Waals surface area contributed by atoms with Crippen molar-refractivity contribution >= 4 is 38.4 Å². The summed E-state index contributed by atoms with van der Waals surface area (Å²) in [5.41, 5.74) is 4.21. The summed E-state index contributed by atoms with van der Waals surface area (Å²) < 4.78 is 10.2.